The van der Waals surface area contributed by atoms with Crippen LogP contribution >= 0.6 is 0 Å². The topological polar surface area (TPSA) is 118 Å². The van der Waals surface area contributed by atoms with E-state index in [2.05, 4.69) is 9.71 Å². The number of nitriles is 1. The Labute approximate surface area is 202 Å². The molecule has 0 fully saturated rings. The lowest BCUT2D eigenvalue weighted by Gasteiger charge is -2.13. The fourth-order valence-electron chi connectivity index (χ4n) is 3.40. The van der Waals surface area contributed by atoms with Crippen molar-refractivity contribution in [3.63, 3.8) is 0 Å². The van der Waals surface area contributed by atoms with E-state index < -0.39 is 16.0 Å². The van der Waals surface area contributed by atoms with Gasteiger partial charge in [-0.1, -0.05) is 30.3 Å². The van der Waals surface area contributed by atoms with Crippen LogP contribution in [0.15, 0.2) is 83.8 Å². The van der Waals surface area contributed by atoms with E-state index in [9.17, 15) is 13.2 Å². The number of esters is 1. The van der Waals surface area contributed by atoms with Crippen LogP contribution in [-0.4, -0.2) is 32.6 Å². The van der Waals surface area contributed by atoms with E-state index >= 15 is 0 Å². The van der Waals surface area contributed by atoms with Gasteiger partial charge in [-0.3, -0.25) is 4.72 Å². The van der Waals surface area contributed by atoms with Crippen molar-refractivity contribution in [2.45, 2.75) is 11.8 Å². The Morgan fingerprint density at radius 2 is 1.77 bits per heavy atom. The molecule has 0 aliphatic carbocycles. The molecule has 0 saturated heterocycles. The second-order valence-electron chi connectivity index (χ2n) is 7.44. The number of carbonyl (C=O) groups excluding carboxylic acids is 1. The molecular weight excluding hydrogens is 466 g/mol. The zero-order valence-electron chi connectivity index (χ0n) is 18.8. The fraction of sp³-hybridized carbons (Fsp3) is 0.115. The lowest BCUT2D eigenvalue weighted by Crippen LogP contribution is -2.15. The molecule has 0 amide bonds. The normalized spacial score (nSPS) is 11.0. The lowest BCUT2D eigenvalue weighted by molar-refractivity contribution is -0.145. The van der Waals surface area contributed by atoms with Gasteiger partial charge in [0.15, 0.2) is 6.61 Å². The summed E-state index contributed by atoms with van der Waals surface area (Å²) in [5.41, 5.74) is 2.71. The number of fused-ring (bicyclic) bond motifs is 1. The second-order valence-corrected chi connectivity index (χ2v) is 9.12. The van der Waals surface area contributed by atoms with Gasteiger partial charge < -0.3 is 9.47 Å². The van der Waals surface area contributed by atoms with Crippen LogP contribution < -0.4 is 9.46 Å². The highest BCUT2D eigenvalue weighted by Crippen LogP contribution is 2.32. The van der Waals surface area contributed by atoms with Crippen LogP contribution in [0.25, 0.3) is 22.2 Å². The summed E-state index contributed by atoms with van der Waals surface area (Å²) in [4.78, 5) is 16.6. The first-order chi connectivity index (χ1) is 16.9. The van der Waals surface area contributed by atoms with E-state index in [0.717, 1.165) is 5.56 Å². The minimum Gasteiger partial charge on any atom is -0.481 e. The summed E-state index contributed by atoms with van der Waals surface area (Å²) < 4.78 is 39.0. The molecule has 9 heteroatoms. The first-order valence-electron chi connectivity index (χ1n) is 10.7. The molecule has 1 aromatic heterocycles. The maximum absolute atomic E-state index is 12.8. The van der Waals surface area contributed by atoms with Crippen LogP contribution in [-0.2, 0) is 19.6 Å². The van der Waals surface area contributed by atoms with Gasteiger partial charge in [0.1, 0.15) is 5.75 Å². The summed E-state index contributed by atoms with van der Waals surface area (Å²) in [6.45, 7) is 1.64. The summed E-state index contributed by atoms with van der Waals surface area (Å²) in [6.07, 6.45) is 0. The summed E-state index contributed by atoms with van der Waals surface area (Å²) in [7, 11) is -3.90. The number of nitrogens with one attached hydrogen (secondary N) is 1. The van der Waals surface area contributed by atoms with Crippen molar-refractivity contribution < 1.29 is 22.7 Å². The summed E-state index contributed by atoms with van der Waals surface area (Å²) in [5, 5.41) is 9.45. The number of rotatable bonds is 8. The Balaban J connectivity index is 1.72. The van der Waals surface area contributed by atoms with Crippen LogP contribution in [0, 0.1) is 11.3 Å². The number of aromatic nitrogens is 1. The van der Waals surface area contributed by atoms with Crippen LogP contribution in [0.3, 0.4) is 0 Å². The third-order valence-corrected chi connectivity index (χ3v) is 6.43. The van der Waals surface area contributed by atoms with Crippen molar-refractivity contribution in [3.8, 4) is 23.1 Å². The van der Waals surface area contributed by atoms with E-state index in [1.54, 1.807) is 31.2 Å². The van der Waals surface area contributed by atoms with Crippen LogP contribution in [0.1, 0.15) is 12.5 Å². The Hall–Kier alpha value is -4.42. The Kier molecular flexibility index (Phi) is 6.94. The highest BCUT2D eigenvalue weighted by molar-refractivity contribution is 7.92. The first-order valence-corrected chi connectivity index (χ1v) is 12.2. The number of hydrogen-bond acceptors (Lipinski definition) is 7. The molecule has 176 valence electrons. The van der Waals surface area contributed by atoms with Gasteiger partial charge in [-0.15, -0.1) is 0 Å². The molecule has 3 aromatic carbocycles. The van der Waals surface area contributed by atoms with Crippen LogP contribution in [0.4, 0.5) is 5.69 Å². The minimum atomic E-state index is -3.90. The van der Waals surface area contributed by atoms with Crippen LogP contribution in [0.2, 0.25) is 0 Å². The molecule has 0 atom stereocenters. The van der Waals surface area contributed by atoms with Crippen molar-refractivity contribution in [2.75, 3.05) is 17.9 Å². The number of hydrogen-bond donors (Lipinski definition) is 1. The van der Waals surface area contributed by atoms with E-state index in [0.29, 0.717) is 27.9 Å². The molecule has 8 nitrogen and oxygen atoms in total. The van der Waals surface area contributed by atoms with E-state index in [1.165, 1.54) is 24.3 Å². The van der Waals surface area contributed by atoms with Crippen molar-refractivity contribution in [1.82, 2.24) is 4.98 Å². The first kappa shape index (κ1) is 23.7. The quantitative estimate of drug-likeness (QED) is 0.363. The molecule has 0 spiro atoms. The molecule has 0 radical (unpaired) electrons. The summed E-state index contributed by atoms with van der Waals surface area (Å²) in [6, 6.07) is 23.6. The van der Waals surface area contributed by atoms with Crippen molar-refractivity contribution in [3.05, 3.63) is 84.4 Å². The number of anilines is 1. The molecule has 0 bridgehead atoms. The third kappa shape index (κ3) is 5.57. The number of sulfonamides is 1. The Morgan fingerprint density at radius 1 is 1.03 bits per heavy atom. The monoisotopic (exact) mass is 487 g/mol. The van der Waals surface area contributed by atoms with Crippen molar-refractivity contribution in [1.29, 1.82) is 5.26 Å². The fourth-order valence-corrected chi connectivity index (χ4v) is 4.45. The van der Waals surface area contributed by atoms with Crippen molar-refractivity contribution >= 4 is 32.6 Å². The molecule has 0 aliphatic rings. The maximum Gasteiger partial charge on any atom is 0.344 e. The molecule has 35 heavy (non-hydrogen) atoms. The average molecular weight is 488 g/mol. The SMILES string of the molecule is CCOC(=O)COc1cc(-c2ccccc2)nc2ccc(NS(=O)(=O)c3ccc(C#N)cc3)cc12. The molecule has 4 aromatic rings. The largest absolute Gasteiger partial charge is 0.481 e. The van der Waals surface area contributed by atoms with E-state index in [4.69, 9.17) is 14.7 Å². The van der Waals surface area contributed by atoms with E-state index in [-0.39, 0.29) is 23.8 Å². The minimum absolute atomic E-state index is 0.0212. The number of carbonyl (C=O) groups is 1. The summed E-state index contributed by atoms with van der Waals surface area (Å²) in [5.74, 6) is -0.155. The number of pyridine rings is 1. The van der Waals surface area contributed by atoms with Gasteiger partial charge >= 0.3 is 5.97 Å². The van der Waals surface area contributed by atoms with E-state index in [1.807, 2.05) is 36.4 Å². The predicted molar refractivity (Wildman–Crippen MR) is 131 cm³/mol. The third-order valence-electron chi connectivity index (χ3n) is 5.04. The standard InChI is InChI=1S/C26H21N3O5S/c1-2-33-26(30)17-34-25-15-24(19-6-4-3-5-7-19)28-23-13-10-20(14-22(23)25)29-35(31,32)21-11-8-18(16-27)9-12-21/h3-15,29H,2,17H2,1H3. The lowest BCUT2D eigenvalue weighted by atomic mass is 10.1. The van der Waals surface area contributed by atoms with Crippen molar-refractivity contribution in [2.24, 2.45) is 0 Å². The zero-order chi connectivity index (χ0) is 24.8. The number of benzene rings is 3. The van der Waals surface area contributed by atoms with Gasteiger partial charge in [-0.2, -0.15) is 5.26 Å². The highest BCUT2D eigenvalue weighted by atomic mass is 32.2. The number of nitrogens with zero attached hydrogens (tertiary/aromatic N) is 2. The molecular formula is C26H21N3O5S. The molecule has 0 unspecified atom stereocenters. The van der Waals surface area contributed by atoms with Gasteiger partial charge in [-0.05, 0) is 49.4 Å². The van der Waals surface area contributed by atoms with Gasteiger partial charge in [0, 0.05) is 22.7 Å². The summed E-state index contributed by atoms with van der Waals surface area (Å²) >= 11 is 0. The molecule has 1 N–H and O–H groups in total. The second kappa shape index (κ2) is 10.2. The molecule has 4 rings (SSSR count). The van der Waals surface area contributed by atoms with Gasteiger partial charge in [0.25, 0.3) is 10.0 Å². The number of ether oxygens (including phenoxy) is 2. The van der Waals surface area contributed by atoms with Gasteiger partial charge in [0.05, 0.1) is 34.3 Å². The smallest absolute Gasteiger partial charge is 0.344 e. The van der Waals surface area contributed by atoms with Gasteiger partial charge in [0.2, 0.25) is 0 Å². The zero-order valence-corrected chi connectivity index (χ0v) is 19.6. The molecule has 1 heterocycles. The van der Waals surface area contributed by atoms with Gasteiger partial charge in [-0.25, -0.2) is 18.2 Å². The maximum atomic E-state index is 12.8. The Bertz CT molecular complexity index is 1510. The van der Waals surface area contributed by atoms with Crippen LogP contribution in [0.5, 0.6) is 5.75 Å². The molecule has 0 saturated carbocycles. The molecule has 0 aliphatic heterocycles. The Morgan fingerprint density at radius 3 is 2.46 bits per heavy atom. The highest BCUT2D eigenvalue weighted by Gasteiger charge is 2.16. The average Bonchev–Trinajstić information content (AvgIpc) is 2.87. The predicted octanol–water partition coefficient (Wildman–Crippen LogP) is 4.52.